The minimum Gasteiger partial charge on any atom is -0.472 e. The van der Waals surface area contributed by atoms with E-state index in [1.807, 2.05) is 32.3 Å². The lowest BCUT2D eigenvalue weighted by Gasteiger charge is -2.37. The maximum absolute atomic E-state index is 13.4. The topological polar surface area (TPSA) is 78.8 Å². The van der Waals surface area contributed by atoms with E-state index in [1.165, 1.54) is 0 Å². The lowest BCUT2D eigenvalue weighted by Crippen LogP contribution is -2.49. The summed E-state index contributed by atoms with van der Waals surface area (Å²) in [6.07, 6.45) is 6.87. The Morgan fingerprint density at radius 3 is 2.91 bits per heavy atom. The molecule has 0 aliphatic carbocycles. The highest BCUT2D eigenvalue weighted by Crippen LogP contribution is 2.27. The van der Waals surface area contributed by atoms with Crippen LogP contribution in [0.15, 0.2) is 36.8 Å². The molecule has 2 aromatic heterocycles. The van der Waals surface area contributed by atoms with Crippen molar-refractivity contribution in [3.05, 3.63) is 53.5 Å². The second kappa shape index (κ2) is 11.8. The Labute approximate surface area is 196 Å². The summed E-state index contributed by atoms with van der Waals surface area (Å²) in [5.41, 5.74) is 2.21. The van der Waals surface area contributed by atoms with Crippen molar-refractivity contribution in [3.63, 3.8) is 0 Å². The predicted molar refractivity (Wildman–Crippen MR) is 128 cm³/mol. The van der Waals surface area contributed by atoms with E-state index < -0.39 is 0 Å². The zero-order valence-corrected chi connectivity index (χ0v) is 20.0. The summed E-state index contributed by atoms with van der Waals surface area (Å²) in [7, 11) is 2.04. The number of hydrogen-bond donors (Lipinski definition) is 1. The van der Waals surface area contributed by atoms with Crippen LogP contribution in [-0.2, 0) is 6.54 Å². The normalized spacial score (nSPS) is 19.1. The van der Waals surface area contributed by atoms with E-state index in [9.17, 15) is 9.90 Å². The van der Waals surface area contributed by atoms with E-state index in [1.54, 1.807) is 23.4 Å². The summed E-state index contributed by atoms with van der Waals surface area (Å²) in [5.74, 6) is 6.37. The number of rotatable bonds is 7. The van der Waals surface area contributed by atoms with Gasteiger partial charge >= 0.3 is 0 Å². The Bertz CT molecular complexity index is 986. The van der Waals surface area contributed by atoms with Gasteiger partial charge in [0, 0.05) is 56.1 Å². The fourth-order valence-corrected chi connectivity index (χ4v) is 3.85. The molecule has 0 aromatic carbocycles. The number of aliphatic hydroxyl groups excluding tert-OH is 1. The van der Waals surface area contributed by atoms with Crippen LogP contribution in [0.4, 0.5) is 0 Å². The number of pyridine rings is 2. The highest BCUT2D eigenvalue weighted by molar-refractivity contribution is 5.97. The van der Waals surface area contributed by atoms with Gasteiger partial charge in [-0.1, -0.05) is 31.8 Å². The molecule has 0 fully saturated rings. The quantitative estimate of drug-likeness (QED) is 0.654. The number of carbonyl (C=O) groups is 1. The van der Waals surface area contributed by atoms with Crippen molar-refractivity contribution in [3.8, 4) is 17.7 Å². The van der Waals surface area contributed by atoms with Gasteiger partial charge in [0.2, 0.25) is 5.88 Å². The van der Waals surface area contributed by atoms with Crippen molar-refractivity contribution >= 4 is 5.91 Å². The fraction of sp³-hybridized carbons (Fsp3) is 0.500. The predicted octanol–water partition coefficient (Wildman–Crippen LogP) is 2.98. The second-order valence-electron chi connectivity index (χ2n) is 8.81. The molecule has 7 nitrogen and oxygen atoms in total. The summed E-state index contributed by atoms with van der Waals surface area (Å²) >= 11 is 0. The van der Waals surface area contributed by atoms with Crippen LogP contribution in [0.25, 0.3) is 0 Å². The monoisotopic (exact) mass is 450 g/mol. The van der Waals surface area contributed by atoms with Gasteiger partial charge in [0.1, 0.15) is 11.7 Å². The van der Waals surface area contributed by atoms with Gasteiger partial charge in [0.15, 0.2) is 0 Å². The lowest BCUT2D eigenvalue weighted by atomic mass is 9.99. The largest absolute Gasteiger partial charge is 0.472 e. The first kappa shape index (κ1) is 24.7. The van der Waals surface area contributed by atoms with E-state index in [2.05, 4.69) is 40.6 Å². The first-order valence-electron chi connectivity index (χ1n) is 11.6. The number of aliphatic hydroxyl groups is 1. The molecular formula is C26H34N4O3. The third-order valence-electron chi connectivity index (χ3n) is 5.80. The number of aromatic nitrogens is 2. The molecule has 0 unspecified atom stereocenters. The molecule has 0 radical (unpaired) electrons. The van der Waals surface area contributed by atoms with Crippen LogP contribution in [0.2, 0.25) is 0 Å². The molecular weight excluding hydrogens is 416 g/mol. The molecule has 33 heavy (non-hydrogen) atoms. The molecule has 0 bridgehead atoms. The van der Waals surface area contributed by atoms with Crippen LogP contribution in [0, 0.1) is 17.8 Å². The van der Waals surface area contributed by atoms with Gasteiger partial charge in [-0.2, -0.15) is 0 Å². The molecule has 2 aromatic rings. The zero-order valence-electron chi connectivity index (χ0n) is 20.0. The van der Waals surface area contributed by atoms with Crippen molar-refractivity contribution in [2.75, 3.05) is 26.7 Å². The molecule has 1 aliphatic heterocycles. The zero-order chi connectivity index (χ0) is 23.8. The molecule has 7 heteroatoms. The first-order chi connectivity index (χ1) is 15.9. The van der Waals surface area contributed by atoms with Gasteiger partial charge in [-0.25, -0.2) is 4.98 Å². The Kier molecular flexibility index (Phi) is 8.81. The van der Waals surface area contributed by atoms with Crippen molar-refractivity contribution in [2.45, 2.75) is 52.3 Å². The summed E-state index contributed by atoms with van der Waals surface area (Å²) < 4.78 is 6.34. The van der Waals surface area contributed by atoms with Crippen LogP contribution < -0.4 is 4.74 Å². The van der Waals surface area contributed by atoms with E-state index in [-0.39, 0.29) is 30.6 Å². The molecule has 0 saturated carbocycles. The summed E-state index contributed by atoms with van der Waals surface area (Å²) in [6, 6.07) is 5.43. The number of unbranched alkanes of at least 4 members (excludes halogenated alkanes) is 1. The number of nitrogens with zero attached hydrogens (tertiary/aromatic N) is 4. The maximum Gasteiger partial charge on any atom is 0.259 e. The Morgan fingerprint density at radius 1 is 1.39 bits per heavy atom. The number of amides is 1. The molecule has 3 atom stereocenters. The van der Waals surface area contributed by atoms with Gasteiger partial charge in [-0.05, 0) is 38.1 Å². The molecule has 0 spiro atoms. The number of fused-ring (bicyclic) bond motifs is 1. The van der Waals surface area contributed by atoms with Crippen molar-refractivity contribution in [1.29, 1.82) is 0 Å². The number of likely N-dealkylation sites (N-methyl/N-ethyl adjacent to an activating group) is 1. The molecule has 1 aliphatic rings. The third-order valence-corrected chi connectivity index (χ3v) is 5.80. The molecule has 3 rings (SSSR count). The van der Waals surface area contributed by atoms with Crippen LogP contribution in [0.5, 0.6) is 5.88 Å². The Hall–Kier alpha value is -2.95. The number of hydrogen-bond acceptors (Lipinski definition) is 6. The Balaban J connectivity index is 1.89. The molecule has 1 amide bonds. The third kappa shape index (κ3) is 6.53. The molecule has 0 saturated heterocycles. The molecule has 1 N–H and O–H groups in total. The van der Waals surface area contributed by atoms with Gasteiger partial charge in [0.25, 0.3) is 5.91 Å². The van der Waals surface area contributed by atoms with Gasteiger partial charge in [-0.15, -0.1) is 0 Å². The molecule has 176 valence electrons. The number of ether oxygens (including phenoxy) is 1. The van der Waals surface area contributed by atoms with Crippen LogP contribution in [0.3, 0.4) is 0 Å². The Morgan fingerprint density at radius 2 is 2.21 bits per heavy atom. The van der Waals surface area contributed by atoms with Gasteiger partial charge in [0.05, 0.1) is 12.6 Å². The van der Waals surface area contributed by atoms with Crippen LogP contribution in [0.1, 0.15) is 55.1 Å². The van der Waals surface area contributed by atoms with Crippen molar-refractivity contribution in [2.24, 2.45) is 5.92 Å². The smallest absolute Gasteiger partial charge is 0.259 e. The highest BCUT2D eigenvalue weighted by Gasteiger charge is 2.34. The first-order valence-corrected chi connectivity index (χ1v) is 11.6. The van der Waals surface area contributed by atoms with Crippen LogP contribution >= 0.6 is 0 Å². The molecule has 3 heterocycles. The van der Waals surface area contributed by atoms with E-state index in [0.29, 0.717) is 30.1 Å². The lowest BCUT2D eigenvalue weighted by molar-refractivity contribution is 0.0325. The van der Waals surface area contributed by atoms with E-state index in [0.717, 1.165) is 24.9 Å². The average molecular weight is 451 g/mol. The minimum atomic E-state index is -0.311. The van der Waals surface area contributed by atoms with Crippen molar-refractivity contribution in [1.82, 2.24) is 19.8 Å². The standard InChI is InChI=1S/C26H34N4O3/c1-5-6-7-9-21-12-23-25(28-14-21)33-24(17-29(4)16-22-10-8-11-27-13-22)19(2)15-30(26(23)32)20(3)18-31/h8,10-14,19-20,24,31H,5-6,15-18H2,1-4H3/t19-,20-,24+/m0/s1. The van der Waals surface area contributed by atoms with Crippen LogP contribution in [-0.4, -0.2) is 69.7 Å². The van der Waals surface area contributed by atoms with E-state index >= 15 is 0 Å². The number of carbonyl (C=O) groups excluding carboxylic acids is 1. The summed E-state index contributed by atoms with van der Waals surface area (Å²) in [5, 5.41) is 9.80. The second-order valence-corrected chi connectivity index (χ2v) is 8.81. The summed E-state index contributed by atoms with van der Waals surface area (Å²) in [4.78, 5) is 26.0. The SMILES string of the molecule is CCCC#Cc1cnc2c(c1)C(=O)N([C@@H](C)CO)C[C@H](C)[C@@H](CN(C)Cc1cccnc1)O2. The highest BCUT2D eigenvalue weighted by atomic mass is 16.5. The maximum atomic E-state index is 13.4. The average Bonchev–Trinajstić information content (AvgIpc) is 2.82. The summed E-state index contributed by atoms with van der Waals surface area (Å²) in [6.45, 7) is 7.77. The van der Waals surface area contributed by atoms with Gasteiger partial charge < -0.3 is 14.7 Å². The van der Waals surface area contributed by atoms with E-state index in [4.69, 9.17) is 4.74 Å². The van der Waals surface area contributed by atoms with Gasteiger partial charge in [-0.3, -0.25) is 14.7 Å². The van der Waals surface area contributed by atoms with Crippen molar-refractivity contribution < 1.29 is 14.6 Å². The minimum absolute atomic E-state index is 0.0401. The fourth-order valence-electron chi connectivity index (χ4n) is 3.85.